The molecule has 0 heterocycles. The first kappa shape index (κ1) is 22.3. The number of rotatable bonds is 5. The maximum absolute atomic E-state index is 12.5. The summed E-state index contributed by atoms with van der Waals surface area (Å²) in [5.74, 6) is -1.69. The van der Waals surface area contributed by atoms with Crippen LogP contribution in [0.15, 0.2) is 48.5 Å². The molecule has 0 saturated heterocycles. The first-order chi connectivity index (χ1) is 12.3. The molecular weight excluding hydrogens is 369 g/mol. The van der Waals surface area contributed by atoms with Gasteiger partial charge in [0.1, 0.15) is 0 Å². The molecule has 136 valence electrons. The van der Waals surface area contributed by atoms with Gasteiger partial charge in [-0.15, -0.1) is 0 Å². The van der Waals surface area contributed by atoms with Crippen molar-refractivity contribution in [1.82, 2.24) is 5.32 Å². The van der Waals surface area contributed by atoms with Gasteiger partial charge in [-0.2, -0.15) is 0 Å². The summed E-state index contributed by atoms with van der Waals surface area (Å²) in [4.78, 5) is 23.7. The number of carboxylic acids is 1. The monoisotopic (exact) mass is 391 g/mol. The molecule has 0 spiro atoms. The van der Waals surface area contributed by atoms with Crippen LogP contribution in [0.4, 0.5) is 0 Å². The molecule has 2 unspecified atom stereocenters. The summed E-state index contributed by atoms with van der Waals surface area (Å²) in [7, 11) is 0. The molecule has 0 aromatic heterocycles. The minimum Gasteiger partial charge on any atom is -0.545 e. The number of benzene rings is 2. The van der Waals surface area contributed by atoms with Crippen LogP contribution in [-0.4, -0.2) is 17.0 Å². The summed E-state index contributed by atoms with van der Waals surface area (Å²) in [6, 6.07) is 13.9. The number of fused-ring (bicyclic) bond motifs is 1. The van der Waals surface area contributed by atoms with Crippen LogP contribution in [0.1, 0.15) is 59.5 Å². The van der Waals surface area contributed by atoms with Crippen LogP contribution in [0, 0.1) is 5.41 Å². The Hall–Kier alpha value is -1.02. The van der Waals surface area contributed by atoms with Gasteiger partial charge < -0.3 is 20.3 Å². The number of aliphatic hydroxyl groups excluding tert-OH is 1. The Bertz CT molecular complexity index is 850. The van der Waals surface area contributed by atoms with Crippen molar-refractivity contribution in [3.05, 3.63) is 70.8 Å². The van der Waals surface area contributed by atoms with E-state index < -0.39 is 12.1 Å². The normalized spacial score (nSPS) is 18.1. The number of hydrogen-bond acceptors (Lipinski definition) is 4. The van der Waals surface area contributed by atoms with Gasteiger partial charge in [-0.25, -0.2) is 0 Å². The van der Waals surface area contributed by atoms with Crippen LogP contribution in [0.25, 0.3) is 0 Å². The summed E-state index contributed by atoms with van der Waals surface area (Å²) in [6.07, 6.45) is -0.549. The van der Waals surface area contributed by atoms with E-state index in [4.69, 9.17) is 0 Å². The zero-order valence-corrected chi connectivity index (χ0v) is 19.0. The Morgan fingerprint density at radius 3 is 2.52 bits per heavy atom. The number of hydrogen-bond donors (Lipinski definition) is 2. The molecule has 27 heavy (non-hydrogen) atoms. The topological polar surface area (TPSA) is 89.5 Å². The predicted octanol–water partition coefficient (Wildman–Crippen LogP) is -1.08. The quantitative estimate of drug-likeness (QED) is 0.635. The number of carbonyl (C=O) groups excluding carboxylic acids is 2. The van der Waals surface area contributed by atoms with Crippen molar-refractivity contribution in [3.63, 3.8) is 0 Å². The zero-order chi connectivity index (χ0) is 18.9. The van der Waals surface area contributed by atoms with E-state index in [0.717, 1.165) is 12.0 Å². The van der Waals surface area contributed by atoms with Crippen molar-refractivity contribution in [2.45, 2.75) is 38.8 Å². The zero-order valence-electron chi connectivity index (χ0n) is 15.9. The van der Waals surface area contributed by atoms with E-state index in [1.165, 1.54) is 17.7 Å². The number of nitrogens with one attached hydrogen (secondary N) is 1. The van der Waals surface area contributed by atoms with Crippen LogP contribution in [0.5, 0.6) is 0 Å². The van der Waals surface area contributed by atoms with E-state index in [9.17, 15) is 19.8 Å². The van der Waals surface area contributed by atoms with Crippen LogP contribution in [-0.2, 0) is 11.2 Å². The van der Waals surface area contributed by atoms with Gasteiger partial charge in [0, 0.05) is 5.56 Å². The van der Waals surface area contributed by atoms with Gasteiger partial charge in [-0.3, -0.25) is 4.79 Å². The van der Waals surface area contributed by atoms with Crippen molar-refractivity contribution < 1.29 is 71.2 Å². The molecule has 0 aliphatic heterocycles. The Labute approximate surface area is 201 Å². The van der Waals surface area contributed by atoms with Crippen molar-refractivity contribution in [3.8, 4) is 0 Å². The smallest absolute Gasteiger partial charge is 0.545 e. The fraction of sp³-hybridized carbons (Fsp3) is 0.333. The molecule has 2 aromatic rings. The molecule has 5 nitrogen and oxygen atoms in total. The fourth-order valence-electron chi connectivity index (χ4n) is 3.74. The number of carbonyl (C=O) groups is 2. The summed E-state index contributed by atoms with van der Waals surface area (Å²) >= 11 is 0. The molecule has 1 aliphatic carbocycles. The van der Waals surface area contributed by atoms with E-state index in [2.05, 4.69) is 25.2 Å². The van der Waals surface area contributed by atoms with Gasteiger partial charge in [0.2, 0.25) is 5.91 Å². The van der Waals surface area contributed by atoms with Gasteiger partial charge in [-0.1, -0.05) is 62.4 Å². The van der Waals surface area contributed by atoms with Crippen molar-refractivity contribution in [1.29, 1.82) is 0 Å². The SMILES string of the molecule is CC1(C)Cc2ccccc2C1NC(=O)CC(O)c1ccccc1C(=O)[O-].[K+]. The summed E-state index contributed by atoms with van der Waals surface area (Å²) in [5, 5.41) is 24.6. The second kappa shape index (κ2) is 8.98. The molecule has 0 bridgehead atoms. The third kappa shape index (κ3) is 4.88. The van der Waals surface area contributed by atoms with Gasteiger partial charge in [0.15, 0.2) is 0 Å². The molecule has 0 radical (unpaired) electrons. The maximum Gasteiger partial charge on any atom is 1.00 e. The number of carboxylic acid groups (broad SMARTS) is 1. The summed E-state index contributed by atoms with van der Waals surface area (Å²) in [6.45, 7) is 4.19. The van der Waals surface area contributed by atoms with Gasteiger partial charge in [0.05, 0.1) is 24.5 Å². The molecule has 2 atom stereocenters. The van der Waals surface area contributed by atoms with E-state index in [1.54, 1.807) is 12.1 Å². The summed E-state index contributed by atoms with van der Waals surface area (Å²) in [5.41, 5.74) is 2.27. The second-order valence-electron chi connectivity index (χ2n) is 7.46. The van der Waals surface area contributed by atoms with Crippen LogP contribution >= 0.6 is 0 Å². The van der Waals surface area contributed by atoms with E-state index in [1.807, 2.05) is 18.2 Å². The molecule has 2 aromatic carbocycles. The molecule has 6 heteroatoms. The maximum atomic E-state index is 12.5. The Morgan fingerprint density at radius 1 is 1.19 bits per heavy atom. The number of aliphatic hydroxyl groups is 1. The average molecular weight is 392 g/mol. The molecule has 3 rings (SSSR count). The standard InChI is InChI=1S/C21H23NO4.K/c1-21(2)12-13-7-3-4-8-14(13)19(21)22-18(24)11-17(23)15-9-5-6-10-16(15)20(25)26;/h3-10,17,19,23H,11-12H2,1-2H3,(H,22,24)(H,25,26);/q;+1/p-1. The van der Waals surface area contributed by atoms with E-state index in [-0.39, 0.29) is 86.3 Å². The van der Waals surface area contributed by atoms with Gasteiger partial charge >= 0.3 is 51.4 Å². The Balaban J connectivity index is 0.00000261. The molecule has 0 fully saturated rings. The van der Waals surface area contributed by atoms with Crippen molar-refractivity contribution in [2.24, 2.45) is 5.41 Å². The van der Waals surface area contributed by atoms with Crippen LogP contribution in [0.2, 0.25) is 0 Å². The molecule has 1 aliphatic rings. The first-order valence-corrected chi connectivity index (χ1v) is 8.65. The molecule has 1 amide bonds. The summed E-state index contributed by atoms with van der Waals surface area (Å²) < 4.78 is 0. The van der Waals surface area contributed by atoms with Crippen molar-refractivity contribution >= 4 is 11.9 Å². The molecular formula is C21H22KNO4. The van der Waals surface area contributed by atoms with Crippen LogP contribution in [0.3, 0.4) is 0 Å². The first-order valence-electron chi connectivity index (χ1n) is 8.65. The minimum atomic E-state index is -1.37. The molecule has 2 N–H and O–H groups in total. The third-order valence-corrected chi connectivity index (χ3v) is 5.02. The average Bonchev–Trinajstić information content (AvgIpc) is 2.85. The number of aromatic carboxylic acids is 1. The second-order valence-corrected chi connectivity index (χ2v) is 7.46. The third-order valence-electron chi connectivity index (χ3n) is 5.02. The molecule has 0 saturated carbocycles. The van der Waals surface area contributed by atoms with Crippen LogP contribution < -0.4 is 61.8 Å². The van der Waals surface area contributed by atoms with E-state index >= 15 is 0 Å². The van der Waals surface area contributed by atoms with E-state index in [0.29, 0.717) is 0 Å². The fourth-order valence-corrected chi connectivity index (χ4v) is 3.74. The minimum absolute atomic E-state index is 0. The largest absolute Gasteiger partial charge is 1.00 e. The van der Waals surface area contributed by atoms with Gasteiger partial charge in [-0.05, 0) is 28.5 Å². The predicted molar refractivity (Wildman–Crippen MR) is 95.2 cm³/mol. The number of amides is 1. The van der Waals surface area contributed by atoms with Crippen molar-refractivity contribution in [2.75, 3.05) is 0 Å². The van der Waals surface area contributed by atoms with Gasteiger partial charge in [0.25, 0.3) is 0 Å². The Kier molecular flexibility index (Phi) is 7.41. The Morgan fingerprint density at radius 2 is 1.81 bits per heavy atom.